The van der Waals surface area contributed by atoms with Crippen molar-refractivity contribution in [2.75, 3.05) is 7.11 Å². The normalized spacial score (nSPS) is 18.2. The molecule has 0 atom stereocenters. The third-order valence-electron chi connectivity index (χ3n) is 8.85. The second-order valence-corrected chi connectivity index (χ2v) is 14.4. The summed E-state index contributed by atoms with van der Waals surface area (Å²) in [6.07, 6.45) is 13.1. The minimum absolute atomic E-state index is 0.0693. The predicted octanol–water partition coefficient (Wildman–Crippen LogP) is 9.40. The van der Waals surface area contributed by atoms with Gasteiger partial charge in [-0.15, -0.1) is 0 Å². The Kier molecular flexibility index (Phi) is 12.7. The SMILES string of the molecule is CCCCCCCCCCCCC(=O)Oc1ccc(C(C2=C(O)CC(C)(C)CC2=O)C2=C(O)CC(C)(C)CC2=O)cc1OC. The van der Waals surface area contributed by atoms with Crippen LogP contribution in [-0.4, -0.2) is 34.9 Å². The lowest BCUT2D eigenvalue weighted by atomic mass is 9.67. The average molecular weight is 611 g/mol. The zero-order valence-electron chi connectivity index (χ0n) is 27.9. The molecule has 3 rings (SSSR count). The molecule has 0 spiro atoms. The molecule has 0 radical (unpaired) electrons. The molecule has 0 aromatic heterocycles. The molecule has 0 amide bonds. The van der Waals surface area contributed by atoms with Crippen molar-refractivity contribution in [1.29, 1.82) is 0 Å². The number of methoxy groups -OCH3 is 1. The number of aliphatic hydroxyl groups excluding tert-OH is 2. The van der Waals surface area contributed by atoms with Crippen LogP contribution in [0.25, 0.3) is 0 Å². The maximum absolute atomic E-state index is 13.5. The lowest BCUT2D eigenvalue weighted by molar-refractivity contribution is -0.134. The number of Topliss-reactive ketones (excluding diaryl/α,β-unsaturated/α-hetero) is 2. The van der Waals surface area contributed by atoms with E-state index in [2.05, 4.69) is 6.92 Å². The molecule has 2 aliphatic carbocycles. The van der Waals surface area contributed by atoms with Gasteiger partial charge in [0.15, 0.2) is 23.1 Å². The van der Waals surface area contributed by atoms with E-state index in [1.54, 1.807) is 18.2 Å². The van der Waals surface area contributed by atoms with Gasteiger partial charge >= 0.3 is 5.97 Å². The molecular formula is C37H54O7. The first-order valence-electron chi connectivity index (χ1n) is 16.6. The van der Waals surface area contributed by atoms with Gasteiger partial charge in [0.1, 0.15) is 11.5 Å². The fraction of sp³-hybridized carbons (Fsp3) is 0.649. The van der Waals surface area contributed by atoms with Crippen molar-refractivity contribution in [2.24, 2.45) is 10.8 Å². The summed E-state index contributed by atoms with van der Waals surface area (Å²) in [6.45, 7) is 9.89. The van der Waals surface area contributed by atoms with E-state index in [-0.39, 0.29) is 77.4 Å². The Morgan fingerprint density at radius 1 is 0.750 bits per heavy atom. The summed E-state index contributed by atoms with van der Waals surface area (Å²) in [7, 11) is 1.46. The van der Waals surface area contributed by atoms with E-state index in [4.69, 9.17) is 9.47 Å². The molecule has 0 saturated carbocycles. The Bertz CT molecular complexity index is 1200. The first-order valence-corrected chi connectivity index (χ1v) is 16.6. The fourth-order valence-electron chi connectivity index (χ4n) is 6.62. The first kappa shape index (κ1) is 35.4. The lowest BCUT2D eigenvalue weighted by Crippen LogP contribution is -2.33. The molecule has 1 aromatic rings. The third kappa shape index (κ3) is 9.70. The number of aliphatic hydroxyl groups is 2. The van der Waals surface area contributed by atoms with Crippen molar-refractivity contribution >= 4 is 17.5 Å². The fourth-order valence-corrected chi connectivity index (χ4v) is 6.62. The summed E-state index contributed by atoms with van der Waals surface area (Å²) < 4.78 is 11.2. The molecule has 0 fully saturated rings. The monoisotopic (exact) mass is 610 g/mol. The number of benzene rings is 1. The number of unbranched alkanes of at least 4 members (excludes halogenated alkanes) is 9. The highest BCUT2D eigenvalue weighted by Gasteiger charge is 2.43. The van der Waals surface area contributed by atoms with E-state index >= 15 is 0 Å². The number of carbonyl (C=O) groups excluding carboxylic acids is 3. The molecule has 0 unspecified atom stereocenters. The highest BCUT2D eigenvalue weighted by atomic mass is 16.6. The van der Waals surface area contributed by atoms with Gasteiger partial charge in [-0.2, -0.15) is 0 Å². The van der Waals surface area contributed by atoms with Crippen LogP contribution in [-0.2, 0) is 14.4 Å². The second-order valence-electron chi connectivity index (χ2n) is 14.4. The minimum atomic E-state index is -0.965. The van der Waals surface area contributed by atoms with Crippen LogP contribution in [0.5, 0.6) is 11.5 Å². The maximum atomic E-state index is 13.5. The molecule has 44 heavy (non-hydrogen) atoms. The summed E-state index contributed by atoms with van der Waals surface area (Å²) in [4.78, 5) is 39.7. The van der Waals surface area contributed by atoms with E-state index in [9.17, 15) is 24.6 Å². The van der Waals surface area contributed by atoms with Crippen LogP contribution in [0.2, 0.25) is 0 Å². The molecule has 0 saturated heterocycles. The number of carbonyl (C=O) groups is 3. The Morgan fingerprint density at radius 3 is 1.68 bits per heavy atom. The van der Waals surface area contributed by atoms with Crippen LogP contribution in [0.1, 0.15) is 142 Å². The number of hydrogen-bond acceptors (Lipinski definition) is 7. The lowest BCUT2D eigenvalue weighted by Gasteiger charge is -2.36. The van der Waals surface area contributed by atoms with Gasteiger partial charge in [-0.25, -0.2) is 0 Å². The van der Waals surface area contributed by atoms with Crippen molar-refractivity contribution in [3.8, 4) is 11.5 Å². The smallest absolute Gasteiger partial charge is 0.311 e. The van der Waals surface area contributed by atoms with Crippen molar-refractivity contribution < 1.29 is 34.1 Å². The third-order valence-corrected chi connectivity index (χ3v) is 8.85. The molecule has 0 bridgehead atoms. The van der Waals surface area contributed by atoms with Crippen molar-refractivity contribution in [1.82, 2.24) is 0 Å². The van der Waals surface area contributed by atoms with E-state index in [0.717, 1.165) is 19.3 Å². The van der Waals surface area contributed by atoms with Crippen LogP contribution in [0.4, 0.5) is 0 Å². The summed E-state index contributed by atoms with van der Waals surface area (Å²) in [5.41, 5.74) is -0.0819. The molecule has 7 heteroatoms. The Balaban J connectivity index is 1.77. The van der Waals surface area contributed by atoms with Crippen LogP contribution in [0, 0.1) is 10.8 Å². The van der Waals surface area contributed by atoms with Gasteiger partial charge < -0.3 is 19.7 Å². The number of ether oxygens (including phenoxy) is 2. The maximum Gasteiger partial charge on any atom is 0.311 e. The molecule has 7 nitrogen and oxygen atoms in total. The van der Waals surface area contributed by atoms with Gasteiger partial charge in [-0.05, 0) is 34.9 Å². The van der Waals surface area contributed by atoms with Gasteiger partial charge in [-0.3, -0.25) is 14.4 Å². The number of allylic oxidation sites excluding steroid dienone is 4. The quantitative estimate of drug-likeness (QED) is 0.109. The number of hydrogen-bond donors (Lipinski definition) is 2. The van der Waals surface area contributed by atoms with E-state index in [1.807, 2.05) is 27.7 Å². The van der Waals surface area contributed by atoms with Crippen LogP contribution in [0.3, 0.4) is 0 Å². The standard InChI is InChI=1S/C37H54O7/c1-7-8-9-10-11-12-13-14-15-16-17-32(42)44-30-19-18-25(20-31(30)43-6)33(34-26(38)21-36(2,3)22-27(34)39)35-28(40)23-37(4,5)24-29(35)41/h18-20,33,38,40H,7-17,21-24H2,1-6H3. The topological polar surface area (TPSA) is 110 Å². The molecule has 1 aromatic carbocycles. The van der Waals surface area contributed by atoms with Crippen LogP contribution in [0.15, 0.2) is 40.9 Å². The first-order chi connectivity index (χ1) is 20.8. The average Bonchev–Trinajstić information content (AvgIpc) is 2.91. The highest BCUT2D eigenvalue weighted by molar-refractivity contribution is 6.05. The summed E-state index contributed by atoms with van der Waals surface area (Å²) in [5, 5.41) is 22.3. The summed E-state index contributed by atoms with van der Waals surface area (Å²) in [6, 6.07) is 4.91. The van der Waals surface area contributed by atoms with Gasteiger partial charge in [0.05, 0.1) is 7.11 Å². The van der Waals surface area contributed by atoms with E-state index in [0.29, 0.717) is 12.0 Å². The van der Waals surface area contributed by atoms with Gasteiger partial charge in [0.25, 0.3) is 0 Å². The molecule has 244 valence electrons. The van der Waals surface area contributed by atoms with Crippen molar-refractivity contribution in [3.05, 3.63) is 46.4 Å². The summed E-state index contributed by atoms with van der Waals surface area (Å²) >= 11 is 0. The largest absolute Gasteiger partial charge is 0.512 e. The zero-order valence-corrected chi connectivity index (χ0v) is 27.9. The molecule has 2 aliphatic rings. The van der Waals surface area contributed by atoms with Gasteiger partial charge in [0, 0.05) is 49.2 Å². The second kappa shape index (κ2) is 15.8. The predicted molar refractivity (Wildman–Crippen MR) is 173 cm³/mol. The zero-order chi connectivity index (χ0) is 32.5. The highest BCUT2D eigenvalue weighted by Crippen LogP contribution is 2.48. The number of ketones is 2. The minimum Gasteiger partial charge on any atom is -0.512 e. The van der Waals surface area contributed by atoms with E-state index in [1.165, 1.54) is 52.1 Å². The van der Waals surface area contributed by atoms with Gasteiger partial charge in [0.2, 0.25) is 0 Å². The molecule has 2 N–H and O–H groups in total. The Labute approximate surface area is 264 Å². The Morgan fingerprint density at radius 2 is 1.23 bits per heavy atom. The summed E-state index contributed by atoms with van der Waals surface area (Å²) in [5.74, 6) is -1.44. The van der Waals surface area contributed by atoms with Crippen molar-refractivity contribution in [2.45, 2.75) is 137 Å². The van der Waals surface area contributed by atoms with Crippen molar-refractivity contribution in [3.63, 3.8) is 0 Å². The molecular weight excluding hydrogens is 556 g/mol. The molecule has 0 heterocycles. The van der Waals surface area contributed by atoms with Crippen LogP contribution >= 0.6 is 0 Å². The number of esters is 1. The van der Waals surface area contributed by atoms with Crippen LogP contribution < -0.4 is 9.47 Å². The Hall–Kier alpha value is -3.09. The van der Waals surface area contributed by atoms with E-state index < -0.39 is 16.7 Å². The number of rotatable bonds is 16. The molecule has 0 aliphatic heterocycles. The van der Waals surface area contributed by atoms with Gasteiger partial charge in [-0.1, -0.05) is 98.5 Å².